The van der Waals surface area contributed by atoms with E-state index in [0.717, 1.165) is 8.95 Å². The molecule has 0 aliphatic heterocycles. The molecule has 0 aromatic carbocycles. The summed E-state index contributed by atoms with van der Waals surface area (Å²) in [5, 5.41) is 6.65. The molecule has 17 heavy (non-hydrogen) atoms. The van der Waals surface area contributed by atoms with Crippen molar-refractivity contribution in [1.82, 2.24) is 20.1 Å². The molecule has 0 fully saturated rings. The van der Waals surface area contributed by atoms with Crippen molar-refractivity contribution in [1.29, 1.82) is 0 Å². The number of amides is 1. The van der Waals surface area contributed by atoms with E-state index in [-0.39, 0.29) is 5.91 Å². The van der Waals surface area contributed by atoms with Crippen molar-refractivity contribution in [3.8, 4) is 5.82 Å². The van der Waals surface area contributed by atoms with E-state index < -0.39 is 0 Å². The Balaban J connectivity index is 2.40. The molecule has 1 N–H and O–H groups in total. The number of halogens is 2. The zero-order valence-corrected chi connectivity index (χ0v) is 12.0. The minimum Gasteiger partial charge on any atom is -0.354 e. The van der Waals surface area contributed by atoms with Crippen molar-refractivity contribution in [3.05, 3.63) is 39.2 Å². The van der Waals surface area contributed by atoms with Gasteiger partial charge < -0.3 is 5.32 Å². The minimum atomic E-state index is -0.225. The maximum atomic E-state index is 11.4. The van der Waals surface area contributed by atoms with Gasteiger partial charge in [0, 0.05) is 23.9 Å². The number of nitrogens with zero attached hydrogens (tertiary/aromatic N) is 3. The van der Waals surface area contributed by atoms with E-state index in [2.05, 4.69) is 47.3 Å². The van der Waals surface area contributed by atoms with Crippen LogP contribution in [0.1, 0.15) is 10.5 Å². The molecule has 0 aliphatic rings. The van der Waals surface area contributed by atoms with Crippen LogP contribution in [0.15, 0.2) is 33.5 Å². The Hall–Kier alpha value is -1.21. The van der Waals surface area contributed by atoms with Crippen molar-refractivity contribution >= 4 is 37.8 Å². The molecule has 1 amide bonds. The molecule has 0 unspecified atom stereocenters. The molecule has 2 aromatic rings. The highest BCUT2D eigenvalue weighted by Crippen LogP contribution is 2.22. The lowest BCUT2D eigenvalue weighted by atomic mass is 10.4. The lowest BCUT2D eigenvalue weighted by Gasteiger charge is -2.03. The van der Waals surface area contributed by atoms with Gasteiger partial charge in [-0.1, -0.05) is 0 Å². The molecule has 88 valence electrons. The quantitative estimate of drug-likeness (QED) is 0.893. The van der Waals surface area contributed by atoms with Gasteiger partial charge in [0.1, 0.15) is 0 Å². The molecular weight excluding hydrogens is 352 g/mol. The smallest absolute Gasteiger partial charge is 0.271 e. The average Bonchev–Trinajstić information content (AvgIpc) is 2.77. The molecular formula is C10H8Br2N4O. The minimum absolute atomic E-state index is 0.225. The van der Waals surface area contributed by atoms with E-state index in [1.54, 1.807) is 30.2 Å². The van der Waals surface area contributed by atoms with Crippen molar-refractivity contribution in [2.75, 3.05) is 7.05 Å². The van der Waals surface area contributed by atoms with Crippen LogP contribution in [0, 0.1) is 0 Å². The summed E-state index contributed by atoms with van der Waals surface area (Å²) in [5.41, 5.74) is 0.351. The summed E-state index contributed by atoms with van der Waals surface area (Å²) in [6.07, 6.45) is 3.35. The molecule has 5 nitrogen and oxygen atoms in total. The first kappa shape index (κ1) is 12.3. The van der Waals surface area contributed by atoms with Gasteiger partial charge in [-0.3, -0.25) is 4.79 Å². The van der Waals surface area contributed by atoms with E-state index in [9.17, 15) is 4.79 Å². The molecule has 0 saturated carbocycles. The molecule has 2 rings (SSSR count). The third kappa shape index (κ3) is 2.55. The fraction of sp³-hybridized carbons (Fsp3) is 0.100. The predicted octanol–water partition coefficient (Wildman–Crippen LogP) is 2.15. The predicted molar refractivity (Wildman–Crippen MR) is 70.1 cm³/mol. The number of aromatic nitrogens is 3. The van der Waals surface area contributed by atoms with Gasteiger partial charge in [-0.25, -0.2) is 9.67 Å². The van der Waals surface area contributed by atoms with Gasteiger partial charge in [0.15, 0.2) is 11.5 Å². The van der Waals surface area contributed by atoms with Crippen LogP contribution < -0.4 is 5.32 Å². The van der Waals surface area contributed by atoms with Crippen LogP contribution in [-0.2, 0) is 0 Å². The van der Waals surface area contributed by atoms with Gasteiger partial charge in [-0.05, 0) is 44.0 Å². The maximum absolute atomic E-state index is 11.4. The van der Waals surface area contributed by atoms with E-state index in [0.29, 0.717) is 11.5 Å². The first-order valence-electron chi connectivity index (χ1n) is 4.71. The third-order valence-corrected chi connectivity index (χ3v) is 3.07. The summed E-state index contributed by atoms with van der Waals surface area (Å²) in [7, 11) is 1.56. The zero-order chi connectivity index (χ0) is 12.4. The molecule has 0 bridgehead atoms. The normalized spacial score (nSPS) is 10.3. The first-order valence-corrected chi connectivity index (χ1v) is 6.29. The second-order valence-corrected chi connectivity index (χ2v) is 4.95. The van der Waals surface area contributed by atoms with Crippen LogP contribution >= 0.6 is 31.9 Å². The third-order valence-electron chi connectivity index (χ3n) is 2.05. The number of nitrogens with one attached hydrogen (secondary N) is 1. The van der Waals surface area contributed by atoms with Gasteiger partial charge in [0.05, 0.1) is 4.47 Å². The number of rotatable bonds is 2. The SMILES string of the molecule is CNC(=O)c1ccn(-c2ncc(Br)cc2Br)n1. The average molecular weight is 360 g/mol. The number of carbonyl (C=O) groups is 1. The first-order chi connectivity index (χ1) is 8.11. The largest absolute Gasteiger partial charge is 0.354 e. The Labute approximate surface area is 114 Å². The summed E-state index contributed by atoms with van der Waals surface area (Å²) in [6.45, 7) is 0. The second kappa shape index (κ2) is 4.97. The number of carbonyl (C=O) groups excluding carboxylic acids is 1. The number of hydrogen-bond acceptors (Lipinski definition) is 3. The maximum Gasteiger partial charge on any atom is 0.271 e. The van der Waals surface area contributed by atoms with Gasteiger partial charge in [-0.2, -0.15) is 5.10 Å². The van der Waals surface area contributed by atoms with Crippen molar-refractivity contribution in [2.24, 2.45) is 0 Å². The van der Waals surface area contributed by atoms with E-state index in [1.165, 1.54) is 0 Å². The Morgan fingerprint density at radius 1 is 1.47 bits per heavy atom. The molecule has 2 heterocycles. The fourth-order valence-corrected chi connectivity index (χ4v) is 2.44. The van der Waals surface area contributed by atoms with Crippen molar-refractivity contribution < 1.29 is 4.79 Å². The van der Waals surface area contributed by atoms with Crippen LogP contribution in [0.2, 0.25) is 0 Å². The highest BCUT2D eigenvalue weighted by molar-refractivity contribution is 9.11. The topological polar surface area (TPSA) is 59.8 Å². The molecule has 0 radical (unpaired) electrons. The number of pyridine rings is 1. The summed E-state index contributed by atoms with van der Waals surface area (Å²) < 4.78 is 3.20. The Kier molecular flexibility index (Phi) is 3.58. The van der Waals surface area contributed by atoms with E-state index in [4.69, 9.17) is 0 Å². The second-order valence-electron chi connectivity index (χ2n) is 3.18. The lowest BCUT2D eigenvalue weighted by molar-refractivity contribution is 0.0957. The highest BCUT2D eigenvalue weighted by atomic mass is 79.9. The van der Waals surface area contributed by atoms with Crippen molar-refractivity contribution in [2.45, 2.75) is 0 Å². The fourth-order valence-electron chi connectivity index (χ4n) is 1.27. The van der Waals surface area contributed by atoms with Crippen molar-refractivity contribution in [3.63, 3.8) is 0 Å². The summed E-state index contributed by atoms with van der Waals surface area (Å²) in [5.74, 6) is 0.403. The molecule has 0 saturated heterocycles. The van der Waals surface area contributed by atoms with Crippen LogP contribution in [0.3, 0.4) is 0 Å². The monoisotopic (exact) mass is 358 g/mol. The Morgan fingerprint density at radius 2 is 2.24 bits per heavy atom. The Bertz CT molecular complexity index is 567. The summed E-state index contributed by atoms with van der Waals surface area (Å²) >= 11 is 6.72. The highest BCUT2D eigenvalue weighted by Gasteiger charge is 2.10. The van der Waals surface area contributed by atoms with Crippen LogP contribution in [-0.4, -0.2) is 27.7 Å². The van der Waals surface area contributed by atoms with Gasteiger partial charge >= 0.3 is 0 Å². The van der Waals surface area contributed by atoms with Gasteiger partial charge in [0.25, 0.3) is 5.91 Å². The van der Waals surface area contributed by atoms with Crippen LogP contribution in [0.25, 0.3) is 5.82 Å². The molecule has 0 spiro atoms. The summed E-state index contributed by atoms with van der Waals surface area (Å²) in [6, 6.07) is 3.50. The van der Waals surface area contributed by atoms with Crippen LogP contribution in [0.4, 0.5) is 0 Å². The molecule has 2 aromatic heterocycles. The summed E-state index contributed by atoms with van der Waals surface area (Å²) in [4.78, 5) is 15.6. The Morgan fingerprint density at radius 3 is 2.88 bits per heavy atom. The standard InChI is InChI=1S/C10H8Br2N4O/c1-13-10(17)8-2-3-16(15-8)9-7(12)4-6(11)5-14-9/h2-5H,1H3,(H,13,17). The zero-order valence-electron chi connectivity index (χ0n) is 8.82. The number of hydrogen-bond donors (Lipinski definition) is 1. The molecule has 0 atom stereocenters. The molecule has 0 aliphatic carbocycles. The van der Waals surface area contributed by atoms with Gasteiger partial charge in [0.2, 0.25) is 0 Å². The van der Waals surface area contributed by atoms with E-state index in [1.807, 2.05) is 6.07 Å². The van der Waals surface area contributed by atoms with E-state index >= 15 is 0 Å². The molecule has 7 heteroatoms. The lowest BCUT2D eigenvalue weighted by Crippen LogP contribution is -2.18. The van der Waals surface area contributed by atoms with Crippen LogP contribution in [0.5, 0.6) is 0 Å². The van der Waals surface area contributed by atoms with Gasteiger partial charge in [-0.15, -0.1) is 0 Å².